The van der Waals surface area contributed by atoms with E-state index in [0.717, 1.165) is 6.54 Å². The predicted molar refractivity (Wildman–Crippen MR) is 59.4 cm³/mol. The summed E-state index contributed by atoms with van der Waals surface area (Å²) in [5.41, 5.74) is 5.93. The molecule has 0 saturated carbocycles. The number of ether oxygens (including phenoxy) is 1. The highest BCUT2D eigenvalue weighted by atomic mass is 16.5. The van der Waals surface area contributed by atoms with Gasteiger partial charge in [-0.3, -0.25) is 4.79 Å². The van der Waals surface area contributed by atoms with Gasteiger partial charge in [-0.15, -0.1) is 0 Å². The van der Waals surface area contributed by atoms with Crippen LogP contribution in [0, 0.1) is 11.3 Å². The molecule has 0 bridgehead atoms. The summed E-state index contributed by atoms with van der Waals surface area (Å²) in [7, 11) is 1.83. The molecule has 15 heavy (non-hydrogen) atoms. The van der Waals surface area contributed by atoms with Crippen LogP contribution >= 0.6 is 0 Å². The summed E-state index contributed by atoms with van der Waals surface area (Å²) in [4.78, 5) is 13.8. The van der Waals surface area contributed by atoms with Crippen molar-refractivity contribution in [2.45, 2.75) is 26.8 Å². The van der Waals surface area contributed by atoms with Crippen molar-refractivity contribution in [2.75, 3.05) is 26.8 Å². The standard InChI is InChI=1S/C11H22N2O2/c1-11(2,3)7-13(4)10(14)8-5-15-6-9(8)12/h8-9H,5-7,12H2,1-4H3. The van der Waals surface area contributed by atoms with Crippen molar-refractivity contribution in [3.05, 3.63) is 0 Å². The number of nitrogens with zero attached hydrogens (tertiary/aromatic N) is 1. The summed E-state index contributed by atoms with van der Waals surface area (Å²) < 4.78 is 5.20. The van der Waals surface area contributed by atoms with Gasteiger partial charge in [0, 0.05) is 19.6 Å². The van der Waals surface area contributed by atoms with Crippen molar-refractivity contribution >= 4 is 5.91 Å². The molecule has 1 aliphatic heterocycles. The van der Waals surface area contributed by atoms with Gasteiger partial charge >= 0.3 is 0 Å². The average Bonchev–Trinajstić information content (AvgIpc) is 2.47. The zero-order valence-electron chi connectivity index (χ0n) is 10.1. The first-order valence-corrected chi connectivity index (χ1v) is 5.39. The van der Waals surface area contributed by atoms with E-state index in [0.29, 0.717) is 13.2 Å². The zero-order valence-corrected chi connectivity index (χ0v) is 10.1. The van der Waals surface area contributed by atoms with E-state index in [1.165, 1.54) is 0 Å². The molecule has 0 aromatic rings. The van der Waals surface area contributed by atoms with E-state index < -0.39 is 0 Å². The molecule has 1 heterocycles. The Morgan fingerprint density at radius 1 is 1.47 bits per heavy atom. The van der Waals surface area contributed by atoms with Crippen molar-refractivity contribution in [1.29, 1.82) is 0 Å². The van der Waals surface area contributed by atoms with Gasteiger partial charge in [-0.1, -0.05) is 20.8 Å². The van der Waals surface area contributed by atoms with E-state index in [1.807, 2.05) is 7.05 Å². The van der Waals surface area contributed by atoms with Gasteiger partial charge in [0.05, 0.1) is 19.1 Å². The smallest absolute Gasteiger partial charge is 0.229 e. The van der Waals surface area contributed by atoms with Crippen LogP contribution in [0.15, 0.2) is 0 Å². The Hall–Kier alpha value is -0.610. The van der Waals surface area contributed by atoms with Crippen LogP contribution in [-0.2, 0) is 9.53 Å². The number of carbonyl (C=O) groups is 1. The highest BCUT2D eigenvalue weighted by Crippen LogP contribution is 2.19. The number of carbonyl (C=O) groups excluding carboxylic acids is 1. The lowest BCUT2D eigenvalue weighted by Gasteiger charge is -2.29. The van der Waals surface area contributed by atoms with Gasteiger partial charge in [0.15, 0.2) is 0 Å². The monoisotopic (exact) mass is 214 g/mol. The van der Waals surface area contributed by atoms with Crippen molar-refractivity contribution < 1.29 is 9.53 Å². The molecule has 1 fully saturated rings. The highest BCUT2D eigenvalue weighted by Gasteiger charge is 2.34. The third-order valence-electron chi connectivity index (χ3n) is 2.53. The van der Waals surface area contributed by atoms with Gasteiger partial charge < -0.3 is 15.4 Å². The Morgan fingerprint density at radius 3 is 2.47 bits per heavy atom. The second-order valence-electron chi connectivity index (χ2n) is 5.56. The molecule has 2 atom stereocenters. The lowest BCUT2D eigenvalue weighted by atomic mass is 9.95. The van der Waals surface area contributed by atoms with E-state index in [9.17, 15) is 4.79 Å². The zero-order chi connectivity index (χ0) is 11.6. The number of amides is 1. The van der Waals surface area contributed by atoms with Crippen molar-refractivity contribution in [2.24, 2.45) is 17.1 Å². The molecule has 0 radical (unpaired) electrons. The molecule has 1 aliphatic rings. The van der Waals surface area contributed by atoms with Crippen LogP contribution in [0.25, 0.3) is 0 Å². The Kier molecular flexibility index (Phi) is 3.73. The minimum atomic E-state index is -0.155. The van der Waals surface area contributed by atoms with E-state index >= 15 is 0 Å². The van der Waals surface area contributed by atoms with Crippen LogP contribution in [0.5, 0.6) is 0 Å². The van der Waals surface area contributed by atoms with Crippen LogP contribution in [-0.4, -0.2) is 43.7 Å². The molecular weight excluding hydrogens is 192 g/mol. The van der Waals surface area contributed by atoms with Gasteiger partial charge in [-0.05, 0) is 5.41 Å². The van der Waals surface area contributed by atoms with E-state index in [1.54, 1.807) is 4.90 Å². The number of nitrogens with two attached hydrogens (primary N) is 1. The van der Waals surface area contributed by atoms with Crippen LogP contribution in [0.1, 0.15) is 20.8 Å². The molecule has 88 valence electrons. The summed E-state index contributed by atoms with van der Waals surface area (Å²) in [6.07, 6.45) is 0. The molecular formula is C11H22N2O2. The maximum Gasteiger partial charge on any atom is 0.229 e. The number of rotatable bonds is 2. The maximum atomic E-state index is 12.0. The van der Waals surface area contributed by atoms with Crippen molar-refractivity contribution in [3.63, 3.8) is 0 Å². The largest absolute Gasteiger partial charge is 0.379 e. The predicted octanol–water partition coefficient (Wildman–Crippen LogP) is 0.465. The Bertz CT molecular complexity index is 235. The fourth-order valence-corrected chi connectivity index (χ4v) is 1.90. The topological polar surface area (TPSA) is 55.6 Å². The molecule has 1 saturated heterocycles. The van der Waals surface area contributed by atoms with E-state index in [2.05, 4.69) is 20.8 Å². The van der Waals surface area contributed by atoms with Gasteiger partial charge in [0.1, 0.15) is 0 Å². The minimum absolute atomic E-state index is 0.106. The molecule has 0 aliphatic carbocycles. The summed E-state index contributed by atoms with van der Waals surface area (Å²) in [5, 5.41) is 0. The second-order valence-corrected chi connectivity index (χ2v) is 5.56. The molecule has 0 aromatic carbocycles. The van der Waals surface area contributed by atoms with Crippen LogP contribution in [0.3, 0.4) is 0 Å². The summed E-state index contributed by atoms with van der Waals surface area (Å²) in [5.74, 6) is -0.0488. The second kappa shape index (κ2) is 4.49. The van der Waals surface area contributed by atoms with Gasteiger partial charge in [0.2, 0.25) is 5.91 Å². The van der Waals surface area contributed by atoms with Gasteiger partial charge in [-0.2, -0.15) is 0 Å². The molecule has 4 nitrogen and oxygen atoms in total. The SMILES string of the molecule is CN(CC(C)(C)C)C(=O)C1COCC1N. The van der Waals surface area contributed by atoms with Gasteiger partial charge in [0.25, 0.3) is 0 Å². The number of hydrogen-bond donors (Lipinski definition) is 1. The Balaban J connectivity index is 2.52. The van der Waals surface area contributed by atoms with Gasteiger partial charge in [-0.25, -0.2) is 0 Å². The molecule has 0 spiro atoms. The molecule has 1 rings (SSSR count). The molecule has 1 amide bonds. The molecule has 2 N–H and O–H groups in total. The van der Waals surface area contributed by atoms with Crippen LogP contribution < -0.4 is 5.73 Å². The molecule has 4 heteroatoms. The quantitative estimate of drug-likeness (QED) is 0.726. The summed E-state index contributed by atoms with van der Waals surface area (Å²) >= 11 is 0. The van der Waals surface area contributed by atoms with Crippen LogP contribution in [0.2, 0.25) is 0 Å². The lowest BCUT2D eigenvalue weighted by molar-refractivity contribution is -0.135. The third kappa shape index (κ3) is 3.47. The van der Waals surface area contributed by atoms with E-state index in [-0.39, 0.29) is 23.3 Å². The number of hydrogen-bond acceptors (Lipinski definition) is 3. The normalized spacial score (nSPS) is 26.7. The Morgan fingerprint density at radius 2 is 2.07 bits per heavy atom. The maximum absolute atomic E-state index is 12.0. The average molecular weight is 214 g/mol. The third-order valence-corrected chi connectivity index (χ3v) is 2.53. The summed E-state index contributed by atoms with van der Waals surface area (Å²) in [6.45, 7) is 8.05. The van der Waals surface area contributed by atoms with Crippen molar-refractivity contribution in [1.82, 2.24) is 4.90 Å². The highest BCUT2D eigenvalue weighted by molar-refractivity contribution is 5.79. The first-order valence-electron chi connectivity index (χ1n) is 5.39. The molecule has 2 unspecified atom stereocenters. The summed E-state index contributed by atoms with van der Waals surface area (Å²) in [6, 6.07) is -0.139. The van der Waals surface area contributed by atoms with Crippen LogP contribution in [0.4, 0.5) is 0 Å². The fourth-order valence-electron chi connectivity index (χ4n) is 1.90. The van der Waals surface area contributed by atoms with Crippen molar-refractivity contribution in [3.8, 4) is 0 Å². The minimum Gasteiger partial charge on any atom is -0.379 e. The Labute approximate surface area is 91.8 Å². The first-order chi connectivity index (χ1) is 6.81. The molecule has 0 aromatic heterocycles. The lowest BCUT2D eigenvalue weighted by Crippen LogP contribution is -2.44. The first kappa shape index (κ1) is 12.5. The fraction of sp³-hybridized carbons (Fsp3) is 0.909. The van der Waals surface area contributed by atoms with E-state index in [4.69, 9.17) is 10.5 Å².